The first-order valence-corrected chi connectivity index (χ1v) is 5.20. The minimum atomic E-state index is -1.15. The number of carbonyl (C=O) groups is 1. The fourth-order valence-electron chi connectivity index (χ4n) is 0.889. The molecule has 0 aromatic rings. The molecule has 5 heteroatoms. The Morgan fingerprint density at radius 3 is 2.60 bits per heavy atom. The van der Waals surface area contributed by atoms with Crippen LogP contribution in [0.15, 0.2) is 0 Å². The lowest BCUT2D eigenvalue weighted by atomic mass is 10.4. The predicted molar refractivity (Wildman–Crippen MR) is 55.5 cm³/mol. The van der Waals surface area contributed by atoms with Gasteiger partial charge in [0, 0.05) is 13.5 Å². The smallest absolute Gasteiger partial charge is 0.216 e. The van der Waals surface area contributed by atoms with Gasteiger partial charge in [0.2, 0.25) is 5.91 Å². The standard InChI is InChI=1S/C10H20FNO3/c1-3-4-14-5-6-15-8-10(11)7-12-9(2)13/h10H,3-8H2,1-2H3,(H,12,13). The molecule has 0 saturated heterocycles. The predicted octanol–water partition coefficient (Wildman–Crippen LogP) is 0.904. The zero-order valence-electron chi connectivity index (χ0n) is 9.42. The van der Waals surface area contributed by atoms with Gasteiger partial charge in [-0.3, -0.25) is 4.79 Å². The first-order chi connectivity index (χ1) is 7.16. The van der Waals surface area contributed by atoms with Crippen molar-refractivity contribution in [3.63, 3.8) is 0 Å². The molecule has 0 bridgehead atoms. The number of hydrogen-bond acceptors (Lipinski definition) is 3. The number of carbonyl (C=O) groups excluding carboxylic acids is 1. The van der Waals surface area contributed by atoms with E-state index in [0.717, 1.165) is 6.42 Å². The number of hydrogen-bond donors (Lipinski definition) is 1. The molecule has 0 aliphatic rings. The maximum atomic E-state index is 13.0. The summed E-state index contributed by atoms with van der Waals surface area (Å²) < 4.78 is 23.1. The van der Waals surface area contributed by atoms with E-state index in [1.807, 2.05) is 6.92 Å². The Bertz CT molecular complexity index is 167. The summed E-state index contributed by atoms with van der Waals surface area (Å²) >= 11 is 0. The minimum absolute atomic E-state index is 0.00420. The van der Waals surface area contributed by atoms with E-state index >= 15 is 0 Å². The van der Waals surface area contributed by atoms with Gasteiger partial charge >= 0.3 is 0 Å². The molecular weight excluding hydrogens is 201 g/mol. The normalized spacial score (nSPS) is 12.5. The molecule has 0 rings (SSSR count). The lowest BCUT2D eigenvalue weighted by Gasteiger charge is -2.09. The van der Waals surface area contributed by atoms with E-state index in [0.29, 0.717) is 19.8 Å². The molecule has 1 amide bonds. The molecule has 0 aliphatic carbocycles. The topological polar surface area (TPSA) is 47.6 Å². The van der Waals surface area contributed by atoms with Crippen molar-refractivity contribution < 1.29 is 18.7 Å². The fourth-order valence-corrected chi connectivity index (χ4v) is 0.889. The van der Waals surface area contributed by atoms with Gasteiger partial charge in [-0.2, -0.15) is 0 Å². The molecule has 0 aromatic heterocycles. The van der Waals surface area contributed by atoms with E-state index in [4.69, 9.17) is 9.47 Å². The number of alkyl halides is 1. The van der Waals surface area contributed by atoms with Crippen molar-refractivity contribution in [2.45, 2.75) is 26.4 Å². The van der Waals surface area contributed by atoms with Gasteiger partial charge in [-0.1, -0.05) is 6.92 Å². The van der Waals surface area contributed by atoms with Crippen LogP contribution in [0.5, 0.6) is 0 Å². The van der Waals surface area contributed by atoms with E-state index in [9.17, 15) is 9.18 Å². The summed E-state index contributed by atoms with van der Waals surface area (Å²) in [5.41, 5.74) is 0. The van der Waals surface area contributed by atoms with Crippen molar-refractivity contribution in [1.82, 2.24) is 5.32 Å². The third-order valence-electron chi connectivity index (χ3n) is 1.59. The van der Waals surface area contributed by atoms with Gasteiger partial charge < -0.3 is 14.8 Å². The molecule has 1 unspecified atom stereocenters. The Labute approximate surface area is 90.1 Å². The highest BCUT2D eigenvalue weighted by atomic mass is 19.1. The molecule has 1 N–H and O–H groups in total. The Hall–Kier alpha value is -0.680. The zero-order chi connectivity index (χ0) is 11.5. The van der Waals surface area contributed by atoms with Crippen molar-refractivity contribution in [2.24, 2.45) is 0 Å². The molecule has 0 aliphatic heterocycles. The monoisotopic (exact) mass is 221 g/mol. The van der Waals surface area contributed by atoms with Gasteiger partial charge in [-0.15, -0.1) is 0 Å². The largest absolute Gasteiger partial charge is 0.379 e. The SMILES string of the molecule is CCCOCCOCC(F)CNC(C)=O. The molecule has 0 fully saturated rings. The molecule has 90 valence electrons. The van der Waals surface area contributed by atoms with Crippen LogP contribution in [-0.4, -0.2) is 45.1 Å². The minimum Gasteiger partial charge on any atom is -0.379 e. The van der Waals surface area contributed by atoms with E-state index in [-0.39, 0.29) is 19.1 Å². The molecule has 15 heavy (non-hydrogen) atoms. The van der Waals surface area contributed by atoms with Crippen LogP contribution in [0, 0.1) is 0 Å². The molecule has 0 radical (unpaired) electrons. The van der Waals surface area contributed by atoms with Gasteiger partial charge in [-0.05, 0) is 6.42 Å². The third-order valence-corrected chi connectivity index (χ3v) is 1.59. The first-order valence-electron chi connectivity index (χ1n) is 5.20. The molecular formula is C10H20FNO3. The van der Waals surface area contributed by atoms with Crippen LogP contribution < -0.4 is 5.32 Å². The van der Waals surface area contributed by atoms with Crippen LogP contribution in [0.1, 0.15) is 20.3 Å². The number of halogens is 1. The van der Waals surface area contributed by atoms with Crippen molar-refractivity contribution in [3.8, 4) is 0 Å². The molecule has 4 nitrogen and oxygen atoms in total. The Morgan fingerprint density at radius 1 is 1.33 bits per heavy atom. The van der Waals surface area contributed by atoms with E-state index in [2.05, 4.69) is 5.32 Å². The molecule has 0 aromatic carbocycles. The van der Waals surface area contributed by atoms with Crippen molar-refractivity contribution in [3.05, 3.63) is 0 Å². The third kappa shape index (κ3) is 11.2. The van der Waals surface area contributed by atoms with Crippen LogP contribution in [0.3, 0.4) is 0 Å². The number of nitrogens with one attached hydrogen (secondary N) is 1. The van der Waals surface area contributed by atoms with Crippen LogP contribution in [0.25, 0.3) is 0 Å². The summed E-state index contributed by atoms with van der Waals surface area (Å²) in [4.78, 5) is 10.5. The summed E-state index contributed by atoms with van der Waals surface area (Å²) in [6, 6.07) is 0. The van der Waals surface area contributed by atoms with Crippen LogP contribution >= 0.6 is 0 Å². The molecule has 0 spiro atoms. The maximum absolute atomic E-state index is 13.0. The fraction of sp³-hybridized carbons (Fsp3) is 0.900. The first kappa shape index (κ1) is 14.3. The van der Waals surface area contributed by atoms with Crippen molar-refractivity contribution >= 4 is 5.91 Å². The summed E-state index contributed by atoms with van der Waals surface area (Å²) in [5.74, 6) is -0.232. The number of ether oxygens (including phenoxy) is 2. The summed E-state index contributed by atoms with van der Waals surface area (Å²) in [6.07, 6.45) is -0.186. The summed E-state index contributed by atoms with van der Waals surface area (Å²) in [7, 11) is 0. The Morgan fingerprint density at radius 2 is 2.00 bits per heavy atom. The maximum Gasteiger partial charge on any atom is 0.216 e. The van der Waals surface area contributed by atoms with Crippen LogP contribution in [0.2, 0.25) is 0 Å². The quantitative estimate of drug-likeness (QED) is 0.588. The Balaban J connectivity index is 3.16. The summed E-state index contributed by atoms with van der Waals surface area (Å²) in [5, 5.41) is 2.38. The number of amides is 1. The highest BCUT2D eigenvalue weighted by Gasteiger charge is 2.06. The second-order valence-electron chi connectivity index (χ2n) is 3.22. The molecule has 0 heterocycles. The molecule has 0 saturated carbocycles. The van der Waals surface area contributed by atoms with E-state index in [1.54, 1.807) is 0 Å². The Kier molecular flexibility index (Phi) is 9.41. The number of rotatable bonds is 9. The highest BCUT2D eigenvalue weighted by molar-refractivity contribution is 5.72. The van der Waals surface area contributed by atoms with Gasteiger partial charge in [0.1, 0.15) is 6.17 Å². The van der Waals surface area contributed by atoms with E-state index < -0.39 is 6.17 Å². The van der Waals surface area contributed by atoms with Gasteiger partial charge in [-0.25, -0.2) is 4.39 Å². The van der Waals surface area contributed by atoms with Crippen molar-refractivity contribution in [1.29, 1.82) is 0 Å². The highest BCUT2D eigenvalue weighted by Crippen LogP contribution is 1.91. The zero-order valence-corrected chi connectivity index (χ0v) is 9.42. The van der Waals surface area contributed by atoms with Gasteiger partial charge in [0.25, 0.3) is 0 Å². The molecule has 1 atom stereocenters. The van der Waals surface area contributed by atoms with Gasteiger partial charge in [0.05, 0.1) is 26.4 Å². The van der Waals surface area contributed by atoms with Crippen molar-refractivity contribution in [2.75, 3.05) is 33.0 Å². The lowest BCUT2D eigenvalue weighted by Crippen LogP contribution is -2.30. The van der Waals surface area contributed by atoms with E-state index in [1.165, 1.54) is 6.92 Å². The second-order valence-corrected chi connectivity index (χ2v) is 3.22. The van der Waals surface area contributed by atoms with Crippen LogP contribution in [-0.2, 0) is 14.3 Å². The lowest BCUT2D eigenvalue weighted by molar-refractivity contribution is -0.119. The summed E-state index contributed by atoms with van der Waals surface area (Å²) in [6.45, 7) is 4.95. The average Bonchev–Trinajstić information content (AvgIpc) is 2.20. The van der Waals surface area contributed by atoms with Gasteiger partial charge in [0.15, 0.2) is 0 Å². The average molecular weight is 221 g/mol. The second kappa shape index (κ2) is 9.86. The van der Waals surface area contributed by atoms with Crippen LogP contribution in [0.4, 0.5) is 4.39 Å².